The van der Waals surface area contributed by atoms with Gasteiger partial charge in [-0.15, -0.1) is 0 Å². The molecule has 3 heteroatoms. The number of hydrogen-bond donors (Lipinski definition) is 0. The highest BCUT2D eigenvalue weighted by atomic mass is 35.5. The molecule has 0 radical (unpaired) electrons. The molecule has 0 aliphatic carbocycles. The number of anilines is 1. The second-order valence-corrected chi connectivity index (χ2v) is 8.10. The largest absolute Gasteiger partial charge is 0.366 e. The lowest BCUT2D eigenvalue weighted by Gasteiger charge is -2.47. The smallest absolute Gasteiger partial charge is 0.0630 e. The first-order valence-electron chi connectivity index (χ1n) is 9.03. The van der Waals surface area contributed by atoms with Crippen LogP contribution < -0.4 is 4.90 Å². The van der Waals surface area contributed by atoms with Crippen molar-refractivity contribution in [2.75, 3.05) is 11.4 Å². The zero-order valence-corrected chi connectivity index (χ0v) is 16.6. The topological polar surface area (TPSA) is 15.6 Å². The third-order valence-electron chi connectivity index (χ3n) is 5.27. The molecule has 1 heterocycles. The van der Waals surface area contributed by atoms with E-state index in [2.05, 4.69) is 56.6 Å². The summed E-state index contributed by atoms with van der Waals surface area (Å²) in [5.41, 5.74) is 6.39. The lowest BCUT2D eigenvalue weighted by molar-refractivity contribution is 0.381. The van der Waals surface area contributed by atoms with E-state index in [1.54, 1.807) is 0 Å². The van der Waals surface area contributed by atoms with Crippen molar-refractivity contribution in [2.45, 2.75) is 52.5 Å². The fourth-order valence-corrected chi connectivity index (χ4v) is 4.19. The Morgan fingerprint density at radius 3 is 2.56 bits per heavy atom. The Balaban J connectivity index is 1.99. The van der Waals surface area contributed by atoms with E-state index < -0.39 is 0 Å². The summed E-state index contributed by atoms with van der Waals surface area (Å²) < 4.78 is 0. The maximum atomic E-state index is 5.94. The first-order chi connectivity index (χ1) is 11.8. The van der Waals surface area contributed by atoms with Gasteiger partial charge in [0.15, 0.2) is 0 Å². The molecule has 0 spiro atoms. The molecule has 0 amide bonds. The predicted molar refractivity (Wildman–Crippen MR) is 110 cm³/mol. The summed E-state index contributed by atoms with van der Waals surface area (Å²) in [6.45, 7) is 12.5. The van der Waals surface area contributed by atoms with Crippen molar-refractivity contribution in [3.8, 4) is 0 Å². The van der Waals surface area contributed by atoms with Crippen LogP contribution in [0.15, 0.2) is 41.4 Å². The van der Waals surface area contributed by atoms with E-state index in [1.165, 1.54) is 28.8 Å². The Labute approximate surface area is 156 Å². The Morgan fingerprint density at radius 2 is 1.92 bits per heavy atom. The molecular formula is C22H27ClN2. The van der Waals surface area contributed by atoms with Gasteiger partial charge in [-0.2, -0.15) is 0 Å². The zero-order valence-electron chi connectivity index (χ0n) is 15.8. The first kappa shape index (κ1) is 18.0. The number of aliphatic imine (C=N–C) groups is 1. The third kappa shape index (κ3) is 3.59. The van der Waals surface area contributed by atoms with Crippen LogP contribution in [0.1, 0.15) is 56.7 Å². The normalized spacial score (nSPS) is 19.3. The van der Waals surface area contributed by atoms with Gasteiger partial charge in [0, 0.05) is 29.0 Å². The Kier molecular flexibility index (Phi) is 4.92. The summed E-state index contributed by atoms with van der Waals surface area (Å²) in [7, 11) is 0. The predicted octanol–water partition coefficient (Wildman–Crippen LogP) is 6.51. The molecule has 2 nitrogen and oxygen atoms in total. The van der Waals surface area contributed by atoms with Gasteiger partial charge in [0.2, 0.25) is 0 Å². The number of fused-ring (bicyclic) bond motifs is 1. The average molecular weight is 355 g/mol. The van der Waals surface area contributed by atoms with Crippen molar-refractivity contribution in [3.05, 3.63) is 58.1 Å². The van der Waals surface area contributed by atoms with Crippen molar-refractivity contribution >= 4 is 29.2 Å². The fraction of sp³-hybridized carbons (Fsp3) is 0.409. The molecule has 0 fully saturated rings. The van der Waals surface area contributed by atoms with E-state index in [4.69, 9.17) is 11.6 Å². The van der Waals surface area contributed by atoms with Crippen molar-refractivity contribution in [2.24, 2.45) is 4.99 Å². The van der Waals surface area contributed by atoms with Crippen molar-refractivity contribution in [3.63, 3.8) is 0 Å². The van der Waals surface area contributed by atoms with Crippen molar-refractivity contribution in [1.29, 1.82) is 0 Å². The maximum Gasteiger partial charge on any atom is 0.0630 e. The molecule has 0 bridgehead atoms. The van der Waals surface area contributed by atoms with Gasteiger partial charge in [-0.05, 0) is 93.1 Å². The number of benzene rings is 2. The molecule has 2 aromatic rings. The highest BCUT2D eigenvalue weighted by Crippen LogP contribution is 2.44. The monoisotopic (exact) mass is 354 g/mol. The van der Waals surface area contributed by atoms with Crippen LogP contribution in [0.2, 0.25) is 5.02 Å². The highest BCUT2D eigenvalue weighted by Gasteiger charge is 2.35. The first-order valence-corrected chi connectivity index (χ1v) is 9.41. The summed E-state index contributed by atoms with van der Waals surface area (Å²) >= 11 is 5.94. The highest BCUT2D eigenvalue weighted by molar-refractivity contribution is 6.30. The number of nitrogens with zero attached hydrogens (tertiary/aromatic N) is 2. The third-order valence-corrected chi connectivity index (χ3v) is 5.52. The van der Waals surface area contributed by atoms with Crippen LogP contribution in [-0.2, 0) is 0 Å². The van der Waals surface area contributed by atoms with E-state index in [0.717, 1.165) is 17.3 Å². The molecule has 25 heavy (non-hydrogen) atoms. The van der Waals surface area contributed by atoms with Gasteiger partial charge in [0.1, 0.15) is 0 Å². The Morgan fingerprint density at radius 1 is 1.24 bits per heavy atom. The molecule has 0 N–H and O–H groups in total. The van der Waals surface area contributed by atoms with Gasteiger partial charge in [-0.1, -0.05) is 18.5 Å². The van der Waals surface area contributed by atoms with Crippen LogP contribution in [0.25, 0.3) is 0 Å². The average Bonchev–Trinajstić information content (AvgIpc) is 2.54. The fourth-order valence-electron chi connectivity index (χ4n) is 4.06. The number of rotatable bonds is 3. The Hall–Kier alpha value is -1.80. The van der Waals surface area contributed by atoms with Gasteiger partial charge >= 0.3 is 0 Å². The van der Waals surface area contributed by atoms with Gasteiger partial charge in [-0.25, -0.2) is 0 Å². The van der Waals surface area contributed by atoms with E-state index >= 15 is 0 Å². The van der Waals surface area contributed by atoms with E-state index in [9.17, 15) is 0 Å². The summed E-state index contributed by atoms with van der Waals surface area (Å²) in [6.07, 6.45) is 3.15. The van der Waals surface area contributed by atoms with Gasteiger partial charge in [0.05, 0.1) is 5.69 Å². The van der Waals surface area contributed by atoms with E-state index in [0.29, 0.717) is 5.92 Å². The molecule has 0 saturated heterocycles. The molecule has 1 aliphatic rings. The molecule has 0 aromatic heterocycles. The SMILES string of the molecule is CCN1c2cc(C)c(C=Nc3ccc(Cl)cc3)cc2[C@H](C)CC1(C)C. The standard InChI is InChI=1S/C22H27ClN2/c1-6-25-21-11-15(2)17(12-20(21)16(3)13-22(25,4)5)14-24-19-9-7-18(23)8-10-19/h7-12,14,16H,6,13H2,1-5H3/t16-/m1/s1. The minimum Gasteiger partial charge on any atom is -0.366 e. The van der Waals surface area contributed by atoms with Crippen LogP contribution in [-0.4, -0.2) is 18.3 Å². The molecule has 0 unspecified atom stereocenters. The molecule has 3 rings (SSSR count). The quantitative estimate of drug-likeness (QED) is 0.573. The lowest BCUT2D eigenvalue weighted by atomic mass is 9.79. The second-order valence-electron chi connectivity index (χ2n) is 7.66. The zero-order chi connectivity index (χ0) is 18.2. The van der Waals surface area contributed by atoms with Crippen molar-refractivity contribution < 1.29 is 0 Å². The van der Waals surface area contributed by atoms with E-state index in [-0.39, 0.29) is 5.54 Å². The van der Waals surface area contributed by atoms with E-state index in [1.807, 2.05) is 30.5 Å². The summed E-state index contributed by atoms with van der Waals surface area (Å²) in [5, 5.41) is 0.736. The van der Waals surface area contributed by atoms with Crippen LogP contribution in [0, 0.1) is 6.92 Å². The second kappa shape index (κ2) is 6.84. The number of halogens is 1. The van der Waals surface area contributed by atoms with Crippen molar-refractivity contribution in [1.82, 2.24) is 0 Å². The summed E-state index contributed by atoms with van der Waals surface area (Å²) in [4.78, 5) is 7.16. The summed E-state index contributed by atoms with van der Waals surface area (Å²) in [6, 6.07) is 12.3. The molecule has 1 aliphatic heterocycles. The minimum absolute atomic E-state index is 0.201. The Bertz CT molecular complexity index is 790. The lowest BCUT2D eigenvalue weighted by Crippen LogP contribution is -2.48. The molecule has 132 valence electrons. The van der Waals surface area contributed by atoms with Gasteiger partial charge in [0.25, 0.3) is 0 Å². The van der Waals surface area contributed by atoms with Gasteiger partial charge < -0.3 is 4.90 Å². The van der Waals surface area contributed by atoms with Crippen LogP contribution in [0.3, 0.4) is 0 Å². The molecular weight excluding hydrogens is 328 g/mol. The van der Waals surface area contributed by atoms with Gasteiger partial charge in [-0.3, -0.25) is 4.99 Å². The summed E-state index contributed by atoms with van der Waals surface area (Å²) in [5.74, 6) is 0.552. The van der Waals surface area contributed by atoms with Crippen LogP contribution >= 0.6 is 11.6 Å². The maximum absolute atomic E-state index is 5.94. The van der Waals surface area contributed by atoms with Crippen LogP contribution in [0.4, 0.5) is 11.4 Å². The molecule has 1 atom stereocenters. The van der Waals surface area contributed by atoms with Crippen LogP contribution in [0.5, 0.6) is 0 Å². The minimum atomic E-state index is 0.201. The number of aryl methyl sites for hydroxylation is 1. The number of hydrogen-bond acceptors (Lipinski definition) is 2. The molecule has 2 aromatic carbocycles. The molecule has 0 saturated carbocycles.